The highest BCUT2D eigenvalue weighted by atomic mass is 16.6. The highest BCUT2D eigenvalue weighted by Crippen LogP contribution is 2.32. The van der Waals surface area contributed by atoms with Gasteiger partial charge in [0.05, 0.1) is 6.21 Å². The summed E-state index contributed by atoms with van der Waals surface area (Å²) in [4.78, 5) is 4.74. The van der Waals surface area contributed by atoms with Crippen LogP contribution in [-0.2, 0) is 4.84 Å². The molecular weight excluding hydrogens is 326 g/mol. The quantitative estimate of drug-likeness (QED) is 0.363. The molecule has 4 nitrogen and oxygen atoms in total. The second-order valence-electron chi connectivity index (χ2n) is 6.11. The van der Waals surface area contributed by atoms with Crippen molar-refractivity contribution in [1.82, 2.24) is 0 Å². The summed E-state index contributed by atoms with van der Waals surface area (Å²) in [5.41, 5.74) is 4.17. The number of benzene rings is 2. The normalized spacial score (nSPS) is 12.5. The SMILES string of the molecule is C/C=C/COc1cc(C)c(OC(C)c2cccc(C=NOC)c2)c(C)c1. The van der Waals surface area contributed by atoms with Crippen molar-refractivity contribution in [3.8, 4) is 11.5 Å². The molecule has 0 radical (unpaired) electrons. The number of aryl methyl sites for hydroxylation is 2. The summed E-state index contributed by atoms with van der Waals surface area (Å²) in [5, 5.41) is 3.81. The van der Waals surface area contributed by atoms with E-state index in [9.17, 15) is 0 Å². The Balaban J connectivity index is 2.16. The first-order valence-corrected chi connectivity index (χ1v) is 8.73. The highest BCUT2D eigenvalue weighted by Gasteiger charge is 2.13. The first kappa shape index (κ1) is 19.6. The van der Waals surface area contributed by atoms with Crippen LogP contribution in [0.3, 0.4) is 0 Å². The molecule has 0 aliphatic carbocycles. The molecule has 0 N–H and O–H groups in total. The molecule has 0 saturated carbocycles. The fourth-order valence-electron chi connectivity index (χ4n) is 2.67. The second-order valence-corrected chi connectivity index (χ2v) is 6.11. The van der Waals surface area contributed by atoms with E-state index in [1.165, 1.54) is 7.11 Å². The predicted molar refractivity (Wildman–Crippen MR) is 106 cm³/mol. The molecular formula is C22H27NO3. The van der Waals surface area contributed by atoms with E-state index in [1.807, 2.05) is 76.2 Å². The predicted octanol–water partition coefficient (Wildman–Crippen LogP) is 5.38. The van der Waals surface area contributed by atoms with E-state index in [0.29, 0.717) is 6.61 Å². The Morgan fingerprint density at radius 1 is 1.12 bits per heavy atom. The number of rotatable bonds is 8. The second kappa shape index (κ2) is 9.66. The number of oxime groups is 1. The fourth-order valence-corrected chi connectivity index (χ4v) is 2.67. The zero-order chi connectivity index (χ0) is 18.9. The van der Waals surface area contributed by atoms with Crippen molar-refractivity contribution >= 4 is 6.21 Å². The van der Waals surface area contributed by atoms with E-state index in [0.717, 1.165) is 33.8 Å². The van der Waals surface area contributed by atoms with Gasteiger partial charge in [-0.25, -0.2) is 0 Å². The van der Waals surface area contributed by atoms with Crippen LogP contribution >= 0.6 is 0 Å². The van der Waals surface area contributed by atoms with Crippen molar-refractivity contribution in [2.45, 2.75) is 33.8 Å². The summed E-state index contributed by atoms with van der Waals surface area (Å²) in [5.74, 6) is 1.75. The lowest BCUT2D eigenvalue weighted by Crippen LogP contribution is -2.06. The fraction of sp³-hybridized carbons (Fsp3) is 0.318. The maximum atomic E-state index is 6.26. The monoisotopic (exact) mass is 353 g/mol. The lowest BCUT2D eigenvalue weighted by Gasteiger charge is -2.20. The van der Waals surface area contributed by atoms with Crippen LogP contribution in [0.2, 0.25) is 0 Å². The van der Waals surface area contributed by atoms with Crippen LogP contribution in [0.1, 0.15) is 42.2 Å². The zero-order valence-corrected chi connectivity index (χ0v) is 16.2. The minimum Gasteiger partial charge on any atom is -0.490 e. The molecule has 2 aromatic carbocycles. The van der Waals surface area contributed by atoms with E-state index in [4.69, 9.17) is 14.3 Å². The van der Waals surface area contributed by atoms with Crippen molar-refractivity contribution in [3.63, 3.8) is 0 Å². The van der Waals surface area contributed by atoms with Crippen molar-refractivity contribution in [1.29, 1.82) is 0 Å². The molecule has 0 aliphatic heterocycles. The third-order valence-corrected chi connectivity index (χ3v) is 4.00. The Bertz CT molecular complexity index is 758. The summed E-state index contributed by atoms with van der Waals surface area (Å²) >= 11 is 0. The number of allylic oxidation sites excluding steroid dienone is 1. The Labute approximate surface area is 156 Å². The molecule has 26 heavy (non-hydrogen) atoms. The van der Waals surface area contributed by atoms with Crippen molar-refractivity contribution < 1.29 is 14.3 Å². The van der Waals surface area contributed by atoms with Gasteiger partial charge in [-0.2, -0.15) is 0 Å². The van der Waals surface area contributed by atoms with Crippen LogP contribution in [0, 0.1) is 13.8 Å². The van der Waals surface area contributed by atoms with Crippen LogP contribution in [0.25, 0.3) is 0 Å². The number of hydrogen-bond donors (Lipinski definition) is 0. The molecule has 4 heteroatoms. The van der Waals surface area contributed by atoms with Crippen LogP contribution < -0.4 is 9.47 Å². The lowest BCUT2D eigenvalue weighted by molar-refractivity contribution is 0.215. The molecule has 0 amide bonds. The Morgan fingerprint density at radius 2 is 1.85 bits per heavy atom. The van der Waals surface area contributed by atoms with Gasteiger partial charge in [-0.05, 0) is 68.1 Å². The largest absolute Gasteiger partial charge is 0.490 e. The van der Waals surface area contributed by atoms with Crippen LogP contribution in [0.15, 0.2) is 53.7 Å². The summed E-state index contributed by atoms with van der Waals surface area (Å²) < 4.78 is 12.0. The molecule has 1 unspecified atom stereocenters. The first-order valence-electron chi connectivity index (χ1n) is 8.73. The summed E-state index contributed by atoms with van der Waals surface area (Å²) in [6.07, 6.45) is 5.56. The molecule has 0 aliphatic rings. The van der Waals surface area contributed by atoms with Crippen molar-refractivity contribution in [3.05, 3.63) is 70.8 Å². The summed E-state index contributed by atoms with van der Waals surface area (Å²) in [7, 11) is 1.53. The van der Waals surface area contributed by atoms with Gasteiger partial charge in [-0.1, -0.05) is 35.5 Å². The summed E-state index contributed by atoms with van der Waals surface area (Å²) in [6.45, 7) is 8.68. The molecule has 0 bridgehead atoms. The molecule has 0 spiro atoms. The molecule has 0 saturated heterocycles. The van der Waals surface area contributed by atoms with Gasteiger partial charge in [0.25, 0.3) is 0 Å². The van der Waals surface area contributed by atoms with E-state index >= 15 is 0 Å². The summed E-state index contributed by atoms with van der Waals surface area (Å²) in [6, 6.07) is 12.1. The van der Waals surface area contributed by atoms with Crippen molar-refractivity contribution in [2.75, 3.05) is 13.7 Å². The first-order chi connectivity index (χ1) is 12.5. The average molecular weight is 353 g/mol. The number of hydrogen-bond acceptors (Lipinski definition) is 4. The minimum absolute atomic E-state index is 0.0851. The zero-order valence-electron chi connectivity index (χ0n) is 16.2. The van der Waals surface area contributed by atoms with Gasteiger partial charge in [0, 0.05) is 0 Å². The molecule has 2 aromatic rings. The number of nitrogens with zero attached hydrogens (tertiary/aromatic N) is 1. The lowest BCUT2D eigenvalue weighted by atomic mass is 10.1. The number of ether oxygens (including phenoxy) is 2. The van der Waals surface area contributed by atoms with Crippen molar-refractivity contribution in [2.24, 2.45) is 5.16 Å². The molecule has 2 rings (SSSR count). The van der Waals surface area contributed by atoms with Gasteiger partial charge in [-0.15, -0.1) is 0 Å². The third-order valence-electron chi connectivity index (χ3n) is 4.00. The van der Waals surface area contributed by atoms with E-state index in [1.54, 1.807) is 6.21 Å². The van der Waals surface area contributed by atoms with Gasteiger partial charge in [0.1, 0.15) is 31.3 Å². The van der Waals surface area contributed by atoms with Gasteiger partial charge in [0.15, 0.2) is 0 Å². The van der Waals surface area contributed by atoms with E-state index in [-0.39, 0.29) is 6.10 Å². The van der Waals surface area contributed by atoms with Gasteiger partial charge >= 0.3 is 0 Å². The highest BCUT2D eigenvalue weighted by molar-refractivity contribution is 5.79. The van der Waals surface area contributed by atoms with Gasteiger partial charge < -0.3 is 14.3 Å². The maximum absolute atomic E-state index is 6.26. The van der Waals surface area contributed by atoms with Gasteiger partial charge in [0.2, 0.25) is 0 Å². The Hall–Kier alpha value is -2.75. The van der Waals surface area contributed by atoms with E-state index in [2.05, 4.69) is 5.16 Å². The van der Waals surface area contributed by atoms with Crippen LogP contribution in [0.5, 0.6) is 11.5 Å². The Morgan fingerprint density at radius 3 is 2.50 bits per heavy atom. The molecule has 0 aromatic heterocycles. The van der Waals surface area contributed by atoms with E-state index < -0.39 is 0 Å². The van der Waals surface area contributed by atoms with Crippen LogP contribution in [0.4, 0.5) is 0 Å². The molecule has 0 fully saturated rings. The van der Waals surface area contributed by atoms with Crippen LogP contribution in [-0.4, -0.2) is 19.9 Å². The molecule has 138 valence electrons. The van der Waals surface area contributed by atoms with Gasteiger partial charge in [-0.3, -0.25) is 0 Å². The minimum atomic E-state index is -0.0851. The topological polar surface area (TPSA) is 40.0 Å². The molecule has 1 atom stereocenters. The average Bonchev–Trinajstić information content (AvgIpc) is 2.63. The smallest absolute Gasteiger partial charge is 0.126 e. The standard InChI is InChI=1S/C22H27NO3/c1-6-7-11-25-21-12-16(2)22(17(3)13-21)26-18(4)20-10-8-9-19(14-20)15-23-24-5/h6-10,12-15,18H,11H2,1-5H3/b7-6+,23-15?. The Kier molecular flexibility index (Phi) is 7.27. The maximum Gasteiger partial charge on any atom is 0.126 e. The molecule has 0 heterocycles. The third kappa shape index (κ3) is 5.38.